The highest BCUT2D eigenvalue weighted by Crippen LogP contribution is 2.17. The van der Waals surface area contributed by atoms with Crippen molar-refractivity contribution >= 4 is 17.5 Å². The smallest absolute Gasteiger partial charge is 0.321 e. The summed E-state index contributed by atoms with van der Waals surface area (Å²) in [4.78, 5) is 24.3. The van der Waals surface area contributed by atoms with Crippen molar-refractivity contribution in [2.24, 2.45) is 0 Å². The van der Waals surface area contributed by atoms with Crippen LogP contribution in [0.25, 0.3) is 5.57 Å². The van der Waals surface area contributed by atoms with E-state index < -0.39 is 6.03 Å². The van der Waals surface area contributed by atoms with Gasteiger partial charge >= 0.3 is 6.03 Å². The Balaban J connectivity index is 1.95. The van der Waals surface area contributed by atoms with Crippen molar-refractivity contribution in [1.82, 2.24) is 10.6 Å². The summed E-state index contributed by atoms with van der Waals surface area (Å²) in [5, 5.41) is 4.73. The molecule has 1 aliphatic heterocycles. The van der Waals surface area contributed by atoms with E-state index in [9.17, 15) is 9.59 Å². The van der Waals surface area contributed by atoms with Gasteiger partial charge in [0.05, 0.1) is 13.1 Å². The van der Waals surface area contributed by atoms with Crippen LogP contribution in [0, 0.1) is 0 Å². The summed E-state index contributed by atoms with van der Waals surface area (Å²) in [5.41, 5.74) is 2.58. The summed E-state index contributed by atoms with van der Waals surface area (Å²) in [6.07, 6.45) is 3.13. The Kier molecular flexibility index (Phi) is 5.11. The van der Waals surface area contributed by atoms with Crippen molar-refractivity contribution in [3.05, 3.63) is 42.0 Å². The minimum Gasteiger partial charge on any atom is -0.341 e. The first-order valence-corrected chi connectivity index (χ1v) is 7.23. The lowest BCUT2D eigenvalue weighted by molar-refractivity contribution is -0.909. The molecule has 21 heavy (non-hydrogen) atoms. The molecule has 0 bridgehead atoms. The van der Waals surface area contributed by atoms with Gasteiger partial charge in [-0.2, -0.15) is 0 Å². The molecular formula is C16H22N3O2+. The van der Waals surface area contributed by atoms with Gasteiger partial charge in [-0.15, -0.1) is 0 Å². The van der Waals surface area contributed by atoms with E-state index in [1.807, 2.05) is 25.1 Å². The number of hydrogen-bond donors (Lipinski definition) is 3. The van der Waals surface area contributed by atoms with Gasteiger partial charge in [0.25, 0.3) is 5.91 Å². The fourth-order valence-corrected chi connectivity index (χ4v) is 2.53. The fourth-order valence-electron chi connectivity index (χ4n) is 2.53. The van der Waals surface area contributed by atoms with E-state index in [0.29, 0.717) is 0 Å². The molecule has 0 radical (unpaired) electrons. The first-order valence-electron chi connectivity index (χ1n) is 7.23. The van der Waals surface area contributed by atoms with Crippen molar-refractivity contribution in [2.45, 2.75) is 19.4 Å². The lowest BCUT2D eigenvalue weighted by Crippen LogP contribution is -3.17. The monoisotopic (exact) mass is 288 g/mol. The van der Waals surface area contributed by atoms with E-state index in [4.69, 9.17) is 0 Å². The molecule has 112 valence electrons. The molecule has 1 aromatic carbocycles. The van der Waals surface area contributed by atoms with Crippen LogP contribution in [0.2, 0.25) is 0 Å². The van der Waals surface area contributed by atoms with Crippen LogP contribution < -0.4 is 15.5 Å². The van der Waals surface area contributed by atoms with E-state index in [-0.39, 0.29) is 11.9 Å². The number of nitrogens with one attached hydrogen (secondary N) is 3. The second-order valence-electron chi connectivity index (χ2n) is 5.25. The second-order valence-corrected chi connectivity index (χ2v) is 5.25. The molecule has 0 aliphatic carbocycles. The Morgan fingerprint density at radius 3 is 2.52 bits per heavy atom. The maximum Gasteiger partial charge on any atom is 0.321 e. The van der Waals surface area contributed by atoms with Crippen LogP contribution >= 0.6 is 0 Å². The van der Waals surface area contributed by atoms with Crippen LogP contribution in [0.4, 0.5) is 4.79 Å². The van der Waals surface area contributed by atoms with Gasteiger partial charge in [-0.05, 0) is 24.1 Å². The molecule has 3 N–H and O–H groups in total. The predicted octanol–water partition coefficient (Wildman–Crippen LogP) is 0.203. The fraction of sp³-hybridized carbons (Fsp3) is 0.375. The Morgan fingerprint density at radius 2 is 1.95 bits per heavy atom. The van der Waals surface area contributed by atoms with E-state index in [1.54, 1.807) is 0 Å². The third-order valence-electron chi connectivity index (χ3n) is 3.94. The Morgan fingerprint density at radius 1 is 1.24 bits per heavy atom. The van der Waals surface area contributed by atoms with Crippen LogP contribution in [0.1, 0.15) is 18.9 Å². The average Bonchev–Trinajstić information content (AvgIpc) is 2.55. The lowest BCUT2D eigenvalue weighted by atomic mass is 9.99. The molecule has 5 heteroatoms. The van der Waals surface area contributed by atoms with Gasteiger partial charge in [-0.1, -0.05) is 30.3 Å². The Bertz CT molecular complexity index is 540. The minimum absolute atomic E-state index is 0.235. The summed E-state index contributed by atoms with van der Waals surface area (Å²) in [6.45, 7) is 3.55. The predicted molar refractivity (Wildman–Crippen MR) is 81.8 cm³/mol. The van der Waals surface area contributed by atoms with E-state index in [1.165, 1.54) is 23.1 Å². The minimum atomic E-state index is -0.455. The summed E-state index contributed by atoms with van der Waals surface area (Å²) >= 11 is 0. The summed E-state index contributed by atoms with van der Waals surface area (Å²) in [5.74, 6) is -0.235. The van der Waals surface area contributed by atoms with Gasteiger partial charge in [0, 0.05) is 13.5 Å². The molecule has 1 unspecified atom stereocenters. The maximum absolute atomic E-state index is 11.9. The highest BCUT2D eigenvalue weighted by Gasteiger charge is 2.27. The van der Waals surface area contributed by atoms with Gasteiger partial charge in [0.1, 0.15) is 0 Å². The maximum atomic E-state index is 11.9. The standard InChI is InChI=1S/C16H21N3O2/c1-12(15(20)18-16(21)17-2)19-10-8-14(9-11-19)13-6-4-3-5-7-13/h3-8,12H,9-11H2,1-2H3,(H2,17,18,20,21)/p+1/t12-/m0/s1. The lowest BCUT2D eigenvalue weighted by Gasteiger charge is -2.28. The zero-order valence-corrected chi connectivity index (χ0v) is 12.5. The quantitative estimate of drug-likeness (QED) is 0.744. The molecular weight excluding hydrogens is 266 g/mol. The van der Waals surface area contributed by atoms with Crippen LogP contribution in [-0.4, -0.2) is 38.1 Å². The van der Waals surface area contributed by atoms with E-state index >= 15 is 0 Å². The number of urea groups is 1. The van der Waals surface area contributed by atoms with E-state index in [0.717, 1.165) is 19.5 Å². The number of carbonyl (C=O) groups excluding carboxylic acids is 2. The third-order valence-corrected chi connectivity index (χ3v) is 3.94. The zero-order valence-electron chi connectivity index (χ0n) is 12.5. The molecule has 0 fully saturated rings. The largest absolute Gasteiger partial charge is 0.341 e. The summed E-state index contributed by atoms with van der Waals surface area (Å²) in [7, 11) is 1.50. The number of benzene rings is 1. The first kappa shape index (κ1) is 15.3. The molecule has 0 spiro atoms. The molecule has 2 rings (SSSR count). The molecule has 1 aliphatic rings. The Labute approximate surface area is 125 Å². The topological polar surface area (TPSA) is 62.6 Å². The third kappa shape index (κ3) is 3.92. The number of amides is 3. The average molecular weight is 288 g/mol. The van der Waals surface area contributed by atoms with Crippen molar-refractivity contribution in [3.8, 4) is 0 Å². The zero-order chi connectivity index (χ0) is 15.2. The van der Waals surface area contributed by atoms with Crippen LogP contribution in [0.3, 0.4) is 0 Å². The van der Waals surface area contributed by atoms with Crippen molar-refractivity contribution < 1.29 is 14.5 Å². The molecule has 0 aromatic heterocycles. The highest BCUT2D eigenvalue weighted by atomic mass is 16.2. The number of carbonyl (C=O) groups is 2. The second kappa shape index (κ2) is 7.04. The number of imide groups is 1. The molecule has 0 saturated heterocycles. The highest BCUT2D eigenvalue weighted by molar-refractivity contribution is 5.96. The normalized spacial score (nSPS) is 19.3. The number of rotatable bonds is 3. The van der Waals surface area contributed by atoms with Gasteiger partial charge in [0.2, 0.25) is 0 Å². The van der Waals surface area contributed by atoms with Gasteiger partial charge < -0.3 is 10.2 Å². The van der Waals surface area contributed by atoms with Gasteiger partial charge in [-0.25, -0.2) is 4.79 Å². The van der Waals surface area contributed by atoms with Crippen molar-refractivity contribution in [1.29, 1.82) is 0 Å². The van der Waals surface area contributed by atoms with Crippen LogP contribution in [-0.2, 0) is 4.79 Å². The van der Waals surface area contributed by atoms with Gasteiger partial charge in [-0.3, -0.25) is 10.1 Å². The molecule has 2 atom stereocenters. The SMILES string of the molecule is CNC(=O)NC(=O)[C@H](C)[NH+]1CC=C(c2ccccc2)CC1. The molecule has 1 aromatic rings. The molecule has 1 heterocycles. The molecule has 3 amide bonds. The molecule has 0 saturated carbocycles. The summed E-state index contributed by atoms with van der Waals surface area (Å²) in [6, 6.07) is 9.61. The Hall–Kier alpha value is -2.14. The molecule has 5 nitrogen and oxygen atoms in total. The number of quaternary nitrogens is 1. The first-order chi connectivity index (χ1) is 10.1. The van der Waals surface area contributed by atoms with Gasteiger partial charge in [0.15, 0.2) is 6.04 Å². The van der Waals surface area contributed by atoms with Crippen LogP contribution in [0.15, 0.2) is 36.4 Å². The van der Waals surface area contributed by atoms with Crippen molar-refractivity contribution in [2.75, 3.05) is 20.1 Å². The van der Waals surface area contributed by atoms with Crippen molar-refractivity contribution in [3.63, 3.8) is 0 Å². The van der Waals surface area contributed by atoms with Crippen LogP contribution in [0.5, 0.6) is 0 Å². The number of hydrogen-bond acceptors (Lipinski definition) is 2. The summed E-state index contributed by atoms with van der Waals surface area (Å²) < 4.78 is 0. The van der Waals surface area contributed by atoms with E-state index in [2.05, 4.69) is 28.8 Å².